The summed E-state index contributed by atoms with van der Waals surface area (Å²) in [6, 6.07) is 0. The summed E-state index contributed by atoms with van der Waals surface area (Å²) in [5.41, 5.74) is 5.50. The smallest absolute Gasteiger partial charge is 0.224 e. The molecule has 0 spiro atoms. The van der Waals surface area contributed by atoms with E-state index in [0.29, 0.717) is 19.4 Å². The maximum absolute atomic E-state index is 12.2. The summed E-state index contributed by atoms with van der Waals surface area (Å²) < 4.78 is 0. The van der Waals surface area contributed by atoms with Crippen LogP contribution in [0.4, 0.5) is 0 Å². The summed E-state index contributed by atoms with van der Waals surface area (Å²) in [6.45, 7) is 11.9. The van der Waals surface area contributed by atoms with Crippen LogP contribution in [0.2, 0.25) is 0 Å². The van der Waals surface area contributed by atoms with E-state index < -0.39 is 0 Å². The molecule has 98 valence electrons. The molecule has 0 unspecified atom stereocenters. The highest BCUT2D eigenvalue weighted by Gasteiger charge is 2.28. The molecule has 0 saturated carbocycles. The monoisotopic (exact) mass is 238 g/mol. The number of rotatable bonds is 9. The van der Waals surface area contributed by atoms with E-state index in [1.165, 1.54) is 0 Å². The second kappa shape index (κ2) is 8.07. The van der Waals surface area contributed by atoms with Crippen LogP contribution >= 0.6 is 0 Å². The van der Waals surface area contributed by atoms with E-state index in [2.05, 4.69) is 18.5 Å². The molecular weight excluding hydrogens is 212 g/mol. The van der Waals surface area contributed by atoms with Crippen molar-refractivity contribution in [2.75, 3.05) is 6.54 Å². The van der Waals surface area contributed by atoms with Gasteiger partial charge in [0.2, 0.25) is 5.91 Å². The summed E-state index contributed by atoms with van der Waals surface area (Å²) in [5.74, 6) is -0.0204. The van der Waals surface area contributed by atoms with E-state index in [9.17, 15) is 4.79 Å². The quantitative estimate of drug-likeness (QED) is 0.606. The largest absolute Gasteiger partial charge is 0.349 e. The van der Waals surface area contributed by atoms with Crippen LogP contribution in [-0.2, 0) is 4.79 Å². The zero-order valence-corrected chi connectivity index (χ0v) is 11.2. The highest BCUT2D eigenvalue weighted by Crippen LogP contribution is 2.17. The number of carbonyl (C=O) groups is 1. The predicted molar refractivity (Wildman–Crippen MR) is 73.6 cm³/mol. The van der Waals surface area contributed by atoms with Gasteiger partial charge in [-0.05, 0) is 25.7 Å². The predicted octanol–water partition coefficient (Wildman–Crippen LogP) is 2.39. The summed E-state index contributed by atoms with van der Waals surface area (Å²) in [4.78, 5) is 12.2. The van der Waals surface area contributed by atoms with Crippen molar-refractivity contribution in [3.8, 4) is 0 Å². The summed E-state index contributed by atoms with van der Waals surface area (Å²) >= 11 is 0. The average molecular weight is 238 g/mol. The highest BCUT2D eigenvalue weighted by molar-refractivity contribution is 5.79. The summed E-state index contributed by atoms with van der Waals surface area (Å²) in [7, 11) is 0. The zero-order chi connectivity index (χ0) is 13.3. The van der Waals surface area contributed by atoms with Crippen LogP contribution in [0.25, 0.3) is 0 Å². The molecule has 0 saturated heterocycles. The third-order valence-corrected chi connectivity index (χ3v) is 3.41. The molecule has 17 heavy (non-hydrogen) atoms. The number of hydrogen-bond acceptors (Lipinski definition) is 2. The van der Waals surface area contributed by atoms with E-state index in [1.54, 1.807) is 12.2 Å². The molecule has 1 amide bonds. The Morgan fingerprint density at radius 1 is 1.29 bits per heavy atom. The van der Waals surface area contributed by atoms with Gasteiger partial charge in [-0.15, -0.1) is 13.2 Å². The van der Waals surface area contributed by atoms with Gasteiger partial charge in [0.15, 0.2) is 0 Å². The molecule has 0 heterocycles. The molecule has 0 aromatic carbocycles. The second-order valence-corrected chi connectivity index (χ2v) is 4.43. The molecular formula is C14H26N2O. The number of nitrogens with two attached hydrogens (primary N) is 1. The minimum atomic E-state index is -0.266. The van der Waals surface area contributed by atoms with Crippen molar-refractivity contribution in [1.82, 2.24) is 5.32 Å². The minimum absolute atomic E-state index is 0.0546. The van der Waals surface area contributed by atoms with Crippen molar-refractivity contribution < 1.29 is 4.79 Å². The molecule has 3 heteroatoms. The van der Waals surface area contributed by atoms with Crippen LogP contribution in [0.3, 0.4) is 0 Å². The maximum Gasteiger partial charge on any atom is 0.224 e. The molecule has 0 aromatic heterocycles. The van der Waals surface area contributed by atoms with E-state index >= 15 is 0 Å². The van der Waals surface area contributed by atoms with Gasteiger partial charge < -0.3 is 11.1 Å². The van der Waals surface area contributed by atoms with Gasteiger partial charge in [0.05, 0.1) is 5.54 Å². The van der Waals surface area contributed by atoms with Gasteiger partial charge in [-0.2, -0.15) is 0 Å². The number of allylic oxidation sites excluding steroid dienone is 2. The molecule has 0 atom stereocenters. The average Bonchev–Trinajstić information content (AvgIpc) is 2.35. The van der Waals surface area contributed by atoms with Crippen LogP contribution in [-0.4, -0.2) is 18.0 Å². The van der Waals surface area contributed by atoms with Gasteiger partial charge in [-0.3, -0.25) is 4.79 Å². The fraction of sp³-hybridized carbons (Fsp3) is 0.643. The Balaban J connectivity index is 4.65. The first-order chi connectivity index (χ1) is 8.09. The first kappa shape index (κ1) is 15.9. The van der Waals surface area contributed by atoms with Crippen LogP contribution in [0.15, 0.2) is 25.3 Å². The van der Waals surface area contributed by atoms with Gasteiger partial charge in [-0.25, -0.2) is 0 Å². The summed E-state index contributed by atoms with van der Waals surface area (Å²) in [5, 5.41) is 3.09. The Morgan fingerprint density at radius 3 is 2.06 bits per heavy atom. The lowest BCUT2D eigenvalue weighted by molar-refractivity contribution is -0.126. The molecule has 0 bridgehead atoms. The third kappa shape index (κ3) is 4.73. The van der Waals surface area contributed by atoms with Gasteiger partial charge in [0.25, 0.3) is 0 Å². The number of amides is 1. The van der Waals surface area contributed by atoms with E-state index in [-0.39, 0.29) is 17.4 Å². The van der Waals surface area contributed by atoms with Crippen LogP contribution in [0.1, 0.15) is 39.5 Å². The lowest BCUT2D eigenvalue weighted by Gasteiger charge is -2.33. The van der Waals surface area contributed by atoms with E-state index in [0.717, 1.165) is 12.8 Å². The molecule has 0 aromatic rings. The van der Waals surface area contributed by atoms with Gasteiger partial charge in [0, 0.05) is 12.5 Å². The van der Waals surface area contributed by atoms with Gasteiger partial charge in [-0.1, -0.05) is 26.0 Å². The Morgan fingerprint density at radius 2 is 1.76 bits per heavy atom. The standard InChI is InChI=1S/C14H26N2O/c1-5-9-12(10-6-2)13(17)16-14(7-3,8-4)11-15/h5-6,12H,1-2,7-11,15H2,3-4H3,(H,16,17). The van der Waals surface area contributed by atoms with Crippen molar-refractivity contribution in [2.24, 2.45) is 11.7 Å². The van der Waals surface area contributed by atoms with Crippen LogP contribution in [0.5, 0.6) is 0 Å². The Hall–Kier alpha value is -1.09. The molecule has 0 fully saturated rings. The second-order valence-electron chi connectivity index (χ2n) is 4.43. The lowest BCUT2D eigenvalue weighted by atomic mass is 9.91. The number of nitrogens with one attached hydrogen (secondary N) is 1. The van der Waals surface area contributed by atoms with Crippen molar-refractivity contribution in [1.29, 1.82) is 0 Å². The molecule has 3 N–H and O–H groups in total. The first-order valence-electron chi connectivity index (χ1n) is 6.33. The van der Waals surface area contributed by atoms with Crippen LogP contribution < -0.4 is 11.1 Å². The normalized spacial score (nSPS) is 11.3. The topological polar surface area (TPSA) is 55.1 Å². The van der Waals surface area contributed by atoms with Crippen molar-refractivity contribution in [3.05, 3.63) is 25.3 Å². The highest BCUT2D eigenvalue weighted by atomic mass is 16.2. The van der Waals surface area contributed by atoms with E-state index in [1.807, 2.05) is 13.8 Å². The molecule has 0 aliphatic heterocycles. The molecule has 0 rings (SSSR count). The fourth-order valence-electron chi connectivity index (χ4n) is 1.84. The molecule has 0 radical (unpaired) electrons. The molecule has 0 aliphatic carbocycles. The molecule has 0 aliphatic rings. The minimum Gasteiger partial charge on any atom is -0.349 e. The van der Waals surface area contributed by atoms with Gasteiger partial charge in [0.1, 0.15) is 0 Å². The fourth-order valence-corrected chi connectivity index (χ4v) is 1.84. The Labute approximate surface area is 105 Å². The maximum atomic E-state index is 12.2. The Bertz CT molecular complexity index is 239. The lowest BCUT2D eigenvalue weighted by Crippen LogP contribution is -2.54. The van der Waals surface area contributed by atoms with Crippen LogP contribution in [0, 0.1) is 5.92 Å². The number of hydrogen-bond donors (Lipinski definition) is 2. The van der Waals surface area contributed by atoms with Gasteiger partial charge >= 0.3 is 0 Å². The van der Waals surface area contributed by atoms with Crippen molar-refractivity contribution in [3.63, 3.8) is 0 Å². The first-order valence-corrected chi connectivity index (χ1v) is 6.33. The number of carbonyl (C=O) groups excluding carboxylic acids is 1. The van der Waals surface area contributed by atoms with Crippen molar-refractivity contribution in [2.45, 2.75) is 45.1 Å². The Kier molecular flexibility index (Phi) is 7.55. The summed E-state index contributed by atoms with van der Waals surface area (Å²) in [6.07, 6.45) is 6.59. The zero-order valence-electron chi connectivity index (χ0n) is 11.2. The van der Waals surface area contributed by atoms with E-state index in [4.69, 9.17) is 5.73 Å². The SMILES string of the molecule is C=CCC(CC=C)C(=O)NC(CC)(CC)CN. The third-order valence-electron chi connectivity index (χ3n) is 3.41. The van der Waals surface area contributed by atoms with Crippen molar-refractivity contribution >= 4 is 5.91 Å². The molecule has 3 nitrogen and oxygen atoms in total.